The highest BCUT2D eigenvalue weighted by Gasteiger charge is 2.31. The van der Waals surface area contributed by atoms with Crippen molar-refractivity contribution >= 4 is 23.4 Å². The molecule has 2 aromatic heterocycles. The molecule has 1 atom stereocenters. The van der Waals surface area contributed by atoms with Gasteiger partial charge < -0.3 is 19.2 Å². The van der Waals surface area contributed by atoms with Crippen molar-refractivity contribution in [1.82, 2.24) is 14.8 Å². The number of ether oxygens (including phenoxy) is 2. The first-order chi connectivity index (χ1) is 14.7. The molecule has 1 N–H and O–H groups in total. The Morgan fingerprint density at radius 2 is 2.07 bits per heavy atom. The molecular weight excluding hydrogens is 404 g/mol. The van der Waals surface area contributed by atoms with Crippen molar-refractivity contribution in [2.24, 2.45) is 0 Å². The lowest BCUT2D eigenvalue weighted by Gasteiger charge is -2.19. The predicted octanol–water partition coefficient (Wildman–Crippen LogP) is 3.69. The number of furan rings is 1. The van der Waals surface area contributed by atoms with Crippen LogP contribution in [0.1, 0.15) is 37.3 Å². The van der Waals surface area contributed by atoms with Crippen LogP contribution < -0.4 is 14.8 Å². The Morgan fingerprint density at radius 1 is 1.23 bits per heavy atom. The van der Waals surface area contributed by atoms with E-state index in [0.717, 1.165) is 29.6 Å². The second kappa shape index (κ2) is 8.06. The lowest BCUT2D eigenvalue weighted by molar-refractivity contribution is -0.115. The van der Waals surface area contributed by atoms with Gasteiger partial charge in [-0.2, -0.15) is 0 Å². The number of nitrogens with one attached hydrogen (secondary N) is 1. The van der Waals surface area contributed by atoms with E-state index in [4.69, 9.17) is 13.9 Å². The zero-order valence-corrected chi connectivity index (χ0v) is 17.4. The fourth-order valence-corrected chi connectivity index (χ4v) is 4.17. The Bertz CT molecular complexity index is 1050. The van der Waals surface area contributed by atoms with E-state index in [2.05, 4.69) is 20.1 Å². The van der Waals surface area contributed by atoms with E-state index < -0.39 is 0 Å². The van der Waals surface area contributed by atoms with Gasteiger partial charge in [-0.1, -0.05) is 11.8 Å². The van der Waals surface area contributed by atoms with Crippen LogP contribution >= 0.6 is 11.8 Å². The highest BCUT2D eigenvalue weighted by molar-refractivity contribution is 8.00. The van der Waals surface area contributed by atoms with Crippen LogP contribution in [0.3, 0.4) is 0 Å². The summed E-state index contributed by atoms with van der Waals surface area (Å²) in [5.74, 6) is 3.48. The summed E-state index contributed by atoms with van der Waals surface area (Å²) >= 11 is 1.39. The van der Waals surface area contributed by atoms with Crippen molar-refractivity contribution in [2.45, 2.75) is 42.6 Å². The Morgan fingerprint density at radius 3 is 2.83 bits per heavy atom. The molecular formula is C21H22N4O4S. The summed E-state index contributed by atoms with van der Waals surface area (Å²) in [7, 11) is 0. The molecule has 0 bridgehead atoms. The molecule has 1 aliphatic heterocycles. The monoisotopic (exact) mass is 426 g/mol. The number of carbonyl (C=O) groups excluding carboxylic acids is 1. The van der Waals surface area contributed by atoms with Crippen molar-refractivity contribution in [3.63, 3.8) is 0 Å². The van der Waals surface area contributed by atoms with Gasteiger partial charge in [-0.05, 0) is 44.0 Å². The summed E-state index contributed by atoms with van der Waals surface area (Å²) in [6.07, 6.45) is 3.91. The minimum absolute atomic E-state index is 0.114. The van der Waals surface area contributed by atoms with Crippen molar-refractivity contribution < 1.29 is 18.7 Å². The molecule has 9 heteroatoms. The first-order valence-electron chi connectivity index (χ1n) is 10.00. The number of rotatable bonds is 7. The van der Waals surface area contributed by atoms with E-state index in [1.165, 1.54) is 11.8 Å². The summed E-state index contributed by atoms with van der Waals surface area (Å²) in [5, 5.41) is 12.1. The van der Waals surface area contributed by atoms with Gasteiger partial charge >= 0.3 is 0 Å². The summed E-state index contributed by atoms with van der Waals surface area (Å²) in [6.45, 7) is 3.46. The molecule has 2 aliphatic rings. The molecule has 1 aromatic carbocycles. The molecule has 0 saturated heterocycles. The quantitative estimate of drug-likeness (QED) is 0.576. The van der Waals surface area contributed by atoms with Crippen LogP contribution in [-0.4, -0.2) is 39.1 Å². The van der Waals surface area contributed by atoms with E-state index in [1.54, 1.807) is 12.3 Å². The van der Waals surface area contributed by atoms with Crippen molar-refractivity contribution in [1.29, 1.82) is 0 Å². The normalized spacial score (nSPS) is 16.3. The smallest absolute Gasteiger partial charge is 0.237 e. The van der Waals surface area contributed by atoms with Crippen LogP contribution in [0.4, 0.5) is 5.69 Å². The van der Waals surface area contributed by atoms with Crippen LogP contribution in [0.5, 0.6) is 11.5 Å². The van der Waals surface area contributed by atoms with Gasteiger partial charge in [-0.25, -0.2) is 0 Å². The number of aromatic nitrogens is 3. The summed E-state index contributed by atoms with van der Waals surface area (Å²) in [4.78, 5) is 12.8. The van der Waals surface area contributed by atoms with Gasteiger partial charge in [-0.3, -0.25) is 9.36 Å². The van der Waals surface area contributed by atoms with Crippen LogP contribution in [0.25, 0.3) is 0 Å². The molecule has 3 heterocycles. The number of amides is 1. The van der Waals surface area contributed by atoms with Gasteiger partial charge in [-0.15, -0.1) is 10.2 Å². The summed E-state index contributed by atoms with van der Waals surface area (Å²) in [6, 6.07) is 9.21. The molecule has 30 heavy (non-hydrogen) atoms. The molecule has 5 rings (SSSR count). The van der Waals surface area contributed by atoms with Crippen molar-refractivity contribution in [2.75, 3.05) is 18.5 Å². The number of carbonyl (C=O) groups is 1. The van der Waals surface area contributed by atoms with E-state index in [1.807, 2.05) is 31.2 Å². The minimum Gasteiger partial charge on any atom is -0.486 e. The first-order valence-corrected chi connectivity index (χ1v) is 10.9. The largest absolute Gasteiger partial charge is 0.486 e. The molecule has 1 amide bonds. The number of benzene rings is 1. The average Bonchev–Trinajstić information content (AvgIpc) is 3.33. The number of anilines is 1. The van der Waals surface area contributed by atoms with Gasteiger partial charge in [0.2, 0.25) is 5.91 Å². The van der Waals surface area contributed by atoms with Gasteiger partial charge in [0.1, 0.15) is 24.8 Å². The van der Waals surface area contributed by atoms with Crippen molar-refractivity contribution in [3.05, 3.63) is 48.2 Å². The van der Waals surface area contributed by atoms with E-state index >= 15 is 0 Å². The number of hydrogen-bond donors (Lipinski definition) is 1. The molecule has 0 unspecified atom stereocenters. The van der Waals surface area contributed by atoms with E-state index in [-0.39, 0.29) is 11.2 Å². The van der Waals surface area contributed by atoms with Gasteiger partial charge in [0.05, 0.1) is 18.1 Å². The van der Waals surface area contributed by atoms with E-state index in [0.29, 0.717) is 42.9 Å². The second-order valence-electron chi connectivity index (χ2n) is 7.39. The van der Waals surface area contributed by atoms with Crippen LogP contribution in [0.2, 0.25) is 0 Å². The van der Waals surface area contributed by atoms with E-state index in [9.17, 15) is 4.79 Å². The summed E-state index contributed by atoms with van der Waals surface area (Å²) < 4.78 is 18.7. The van der Waals surface area contributed by atoms with Crippen LogP contribution in [0.15, 0.2) is 46.2 Å². The zero-order chi connectivity index (χ0) is 20.5. The fourth-order valence-electron chi connectivity index (χ4n) is 3.31. The molecule has 1 aliphatic carbocycles. The fraction of sp³-hybridized carbons (Fsp3) is 0.381. The minimum atomic E-state index is -0.357. The van der Waals surface area contributed by atoms with Gasteiger partial charge in [0, 0.05) is 17.7 Å². The third kappa shape index (κ3) is 4.02. The Balaban J connectivity index is 1.29. The summed E-state index contributed by atoms with van der Waals surface area (Å²) in [5.41, 5.74) is 0.674. The van der Waals surface area contributed by atoms with Crippen LogP contribution in [-0.2, 0) is 11.3 Å². The Kier molecular flexibility index (Phi) is 5.12. The molecule has 1 fully saturated rings. The van der Waals surface area contributed by atoms with Gasteiger partial charge in [0.25, 0.3) is 0 Å². The molecule has 3 aromatic rings. The van der Waals surface area contributed by atoms with Gasteiger partial charge in [0.15, 0.2) is 16.7 Å². The lowest BCUT2D eigenvalue weighted by Crippen LogP contribution is -2.23. The van der Waals surface area contributed by atoms with Crippen molar-refractivity contribution in [3.8, 4) is 11.5 Å². The Labute approximate surface area is 178 Å². The number of nitrogens with zero attached hydrogens (tertiary/aromatic N) is 3. The SMILES string of the molecule is C[C@@H](Sc1nnc(C2CC2)n1Cc1ccco1)C(=O)Nc1ccc2c(c1)OCCO2. The Hall–Kier alpha value is -2.94. The lowest BCUT2D eigenvalue weighted by atomic mass is 10.2. The first kappa shape index (κ1) is 19.0. The third-order valence-electron chi connectivity index (χ3n) is 5.04. The standard InChI is InChI=1S/C21H22N4O4S/c1-13(20(26)22-15-6-7-17-18(11-15)29-10-9-28-17)30-21-24-23-19(14-4-5-14)25(21)12-16-3-2-8-27-16/h2-3,6-8,11,13-14H,4-5,9-10,12H2,1H3,(H,22,26)/t13-/m1/s1. The molecule has 0 spiro atoms. The third-order valence-corrected chi connectivity index (χ3v) is 6.12. The zero-order valence-electron chi connectivity index (χ0n) is 16.5. The molecule has 156 valence electrons. The molecule has 0 radical (unpaired) electrons. The maximum Gasteiger partial charge on any atom is 0.237 e. The second-order valence-corrected chi connectivity index (χ2v) is 8.70. The highest BCUT2D eigenvalue weighted by atomic mass is 32.2. The predicted molar refractivity (Wildman–Crippen MR) is 111 cm³/mol. The average molecular weight is 426 g/mol. The maximum atomic E-state index is 12.8. The molecule has 1 saturated carbocycles. The number of hydrogen-bond acceptors (Lipinski definition) is 7. The number of thioether (sulfide) groups is 1. The maximum absolute atomic E-state index is 12.8. The topological polar surface area (TPSA) is 91.4 Å². The van der Waals surface area contributed by atoms with Crippen LogP contribution in [0, 0.1) is 0 Å². The highest BCUT2D eigenvalue weighted by Crippen LogP contribution is 2.40. The molecule has 8 nitrogen and oxygen atoms in total. The number of fused-ring (bicyclic) bond motifs is 1.